The summed E-state index contributed by atoms with van der Waals surface area (Å²) in [5.74, 6) is 1.62. The van der Waals surface area contributed by atoms with Crippen LogP contribution in [0, 0.1) is 5.92 Å². The highest BCUT2D eigenvalue weighted by molar-refractivity contribution is 5.79. The van der Waals surface area contributed by atoms with E-state index in [-0.39, 0.29) is 0 Å². The predicted molar refractivity (Wildman–Crippen MR) is 117 cm³/mol. The third kappa shape index (κ3) is 10.1. The lowest BCUT2D eigenvalue weighted by atomic mass is 9.94. The fourth-order valence-corrected chi connectivity index (χ4v) is 4.10. The van der Waals surface area contributed by atoms with Crippen LogP contribution in [0.4, 0.5) is 0 Å². The molecule has 6 nitrogen and oxygen atoms in total. The van der Waals surface area contributed by atoms with Crippen molar-refractivity contribution in [2.45, 2.75) is 70.8 Å². The van der Waals surface area contributed by atoms with Gasteiger partial charge in [-0.05, 0) is 65.0 Å². The maximum Gasteiger partial charge on any atom is 0.191 e. The molecule has 1 aliphatic heterocycles. The van der Waals surface area contributed by atoms with Crippen LogP contribution in [0.3, 0.4) is 0 Å². The van der Waals surface area contributed by atoms with Gasteiger partial charge in [0.15, 0.2) is 5.96 Å². The van der Waals surface area contributed by atoms with E-state index in [1.165, 1.54) is 32.1 Å². The molecule has 0 bridgehead atoms. The van der Waals surface area contributed by atoms with Crippen molar-refractivity contribution in [3.63, 3.8) is 0 Å². The maximum atomic E-state index is 5.83. The molecule has 28 heavy (non-hydrogen) atoms. The summed E-state index contributed by atoms with van der Waals surface area (Å²) < 4.78 is 11.2. The van der Waals surface area contributed by atoms with Crippen molar-refractivity contribution in [1.82, 2.24) is 15.5 Å². The number of nitrogens with one attached hydrogen (secondary N) is 2. The highest BCUT2D eigenvalue weighted by Gasteiger charge is 2.17. The minimum absolute atomic E-state index is 0.683. The lowest BCUT2D eigenvalue weighted by Gasteiger charge is -2.31. The number of guanidine groups is 1. The first-order chi connectivity index (χ1) is 13.8. The molecule has 0 amide bonds. The molecule has 0 spiro atoms. The second-order valence-electron chi connectivity index (χ2n) is 8.30. The van der Waals surface area contributed by atoms with Crippen LogP contribution in [0.1, 0.15) is 64.7 Å². The van der Waals surface area contributed by atoms with Gasteiger partial charge in [-0.2, -0.15) is 0 Å². The van der Waals surface area contributed by atoms with Crippen LogP contribution in [-0.4, -0.2) is 76.6 Å². The van der Waals surface area contributed by atoms with E-state index in [1.54, 1.807) is 0 Å². The topological polar surface area (TPSA) is 58.1 Å². The number of ether oxygens (including phenoxy) is 2. The Bertz CT molecular complexity index is 407. The van der Waals surface area contributed by atoms with E-state index in [0.29, 0.717) is 5.92 Å². The molecule has 2 rings (SSSR count). The van der Waals surface area contributed by atoms with Crippen molar-refractivity contribution < 1.29 is 9.47 Å². The van der Waals surface area contributed by atoms with Crippen molar-refractivity contribution in [2.24, 2.45) is 10.9 Å². The molecular formula is C22H44N4O2. The van der Waals surface area contributed by atoms with E-state index in [0.717, 1.165) is 90.3 Å². The molecule has 164 valence electrons. The SMILES string of the molecule is CCNC(=NCCCOCC1CCOCC1)NCCCN(C)C1CCCCC1. The molecule has 2 aliphatic rings. The molecule has 0 aromatic carbocycles. The van der Waals surface area contributed by atoms with Gasteiger partial charge in [0.2, 0.25) is 0 Å². The number of nitrogens with zero attached hydrogens (tertiary/aromatic N) is 2. The zero-order chi connectivity index (χ0) is 19.9. The molecule has 1 aliphatic carbocycles. The Hall–Kier alpha value is -0.850. The minimum atomic E-state index is 0.683. The van der Waals surface area contributed by atoms with Gasteiger partial charge in [0.05, 0.1) is 0 Å². The Balaban J connectivity index is 1.51. The zero-order valence-electron chi connectivity index (χ0n) is 18.4. The quantitative estimate of drug-likeness (QED) is 0.302. The number of aliphatic imine (C=N–C) groups is 1. The Kier molecular flexibility index (Phi) is 12.6. The van der Waals surface area contributed by atoms with Gasteiger partial charge in [0, 0.05) is 52.1 Å². The molecule has 0 atom stereocenters. The summed E-state index contributed by atoms with van der Waals surface area (Å²) in [4.78, 5) is 7.24. The van der Waals surface area contributed by atoms with Crippen molar-refractivity contribution in [3.8, 4) is 0 Å². The van der Waals surface area contributed by atoms with Gasteiger partial charge >= 0.3 is 0 Å². The highest BCUT2D eigenvalue weighted by Crippen LogP contribution is 2.21. The number of hydrogen-bond acceptors (Lipinski definition) is 4. The normalized spacial score (nSPS) is 19.9. The monoisotopic (exact) mass is 396 g/mol. The maximum absolute atomic E-state index is 5.83. The average molecular weight is 397 g/mol. The molecule has 1 heterocycles. The standard InChI is InChI=1S/C22H44N4O2/c1-3-23-22(24-13-7-15-26(2)21-9-5-4-6-10-21)25-14-8-16-28-19-20-11-17-27-18-12-20/h20-21H,3-19H2,1-2H3,(H2,23,24,25). The largest absolute Gasteiger partial charge is 0.381 e. The van der Waals surface area contributed by atoms with Crippen molar-refractivity contribution >= 4 is 5.96 Å². The van der Waals surface area contributed by atoms with Crippen LogP contribution in [-0.2, 0) is 9.47 Å². The third-order valence-electron chi connectivity index (χ3n) is 5.93. The predicted octanol–water partition coefficient (Wildman–Crippen LogP) is 3.03. The van der Waals surface area contributed by atoms with Gasteiger partial charge in [0.25, 0.3) is 0 Å². The Morgan fingerprint density at radius 1 is 1.07 bits per heavy atom. The first-order valence-corrected chi connectivity index (χ1v) is 11.7. The van der Waals surface area contributed by atoms with Crippen LogP contribution >= 0.6 is 0 Å². The first-order valence-electron chi connectivity index (χ1n) is 11.7. The molecule has 6 heteroatoms. The Morgan fingerprint density at radius 3 is 2.61 bits per heavy atom. The third-order valence-corrected chi connectivity index (χ3v) is 5.93. The summed E-state index contributed by atoms with van der Waals surface area (Å²) in [6, 6.07) is 0.803. The second-order valence-corrected chi connectivity index (χ2v) is 8.30. The van der Waals surface area contributed by atoms with E-state index in [4.69, 9.17) is 9.47 Å². The van der Waals surface area contributed by atoms with E-state index in [9.17, 15) is 0 Å². The van der Waals surface area contributed by atoms with Crippen molar-refractivity contribution in [1.29, 1.82) is 0 Å². The molecule has 1 saturated carbocycles. The number of hydrogen-bond donors (Lipinski definition) is 2. The molecule has 2 fully saturated rings. The van der Waals surface area contributed by atoms with Gasteiger partial charge in [-0.1, -0.05) is 19.3 Å². The van der Waals surface area contributed by atoms with E-state index in [1.807, 2.05) is 0 Å². The second kappa shape index (κ2) is 15.1. The van der Waals surface area contributed by atoms with Crippen LogP contribution < -0.4 is 10.6 Å². The Morgan fingerprint density at radius 2 is 1.86 bits per heavy atom. The van der Waals surface area contributed by atoms with Crippen LogP contribution in [0.5, 0.6) is 0 Å². The summed E-state index contributed by atoms with van der Waals surface area (Å²) >= 11 is 0. The summed E-state index contributed by atoms with van der Waals surface area (Å²) in [5, 5.41) is 6.83. The fraction of sp³-hybridized carbons (Fsp3) is 0.955. The summed E-state index contributed by atoms with van der Waals surface area (Å²) in [7, 11) is 2.29. The average Bonchev–Trinajstić information content (AvgIpc) is 2.74. The molecule has 1 saturated heterocycles. The van der Waals surface area contributed by atoms with Gasteiger partial charge in [-0.3, -0.25) is 4.99 Å². The van der Waals surface area contributed by atoms with Gasteiger partial charge in [-0.25, -0.2) is 0 Å². The first kappa shape index (κ1) is 23.4. The van der Waals surface area contributed by atoms with Gasteiger partial charge in [0.1, 0.15) is 0 Å². The van der Waals surface area contributed by atoms with Crippen LogP contribution in [0.2, 0.25) is 0 Å². The van der Waals surface area contributed by atoms with E-state index >= 15 is 0 Å². The van der Waals surface area contributed by atoms with Crippen molar-refractivity contribution in [3.05, 3.63) is 0 Å². The van der Waals surface area contributed by atoms with E-state index < -0.39 is 0 Å². The van der Waals surface area contributed by atoms with E-state index in [2.05, 4.69) is 34.5 Å². The summed E-state index contributed by atoms with van der Waals surface area (Å²) in [6.45, 7) is 9.43. The summed E-state index contributed by atoms with van der Waals surface area (Å²) in [5.41, 5.74) is 0. The summed E-state index contributed by atoms with van der Waals surface area (Å²) in [6.07, 6.45) is 11.4. The molecule has 2 N–H and O–H groups in total. The molecule has 0 unspecified atom stereocenters. The lowest BCUT2D eigenvalue weighted by Crippen LogP contribution is -2.40. The zero-order valence-corrected chi connectivity index (χ0v) is 18.4. The van der Waals surface area contributed by atoms with Crippen LogP contribution in [0.25, 0.3) is 0 Å². The van der Waals surface area contributed by atoms with Crippen molar-refractivity contribution in [2.75, 3.05) is 59.7 Å². The molecule has 0 aromatic rings. The molecule has 0 radical (unpaired) electrons. The number of rotatable bonds is 12. The van der Waals surface area contributed by atoms with Gasteiger partial charge < -0.3 is 25.0 Å². The molecular weight excluding hydrogens is 352 g/mol. The highest BCUT2D eigenvalue weighted by atomic mass is 16.5. The van der Waals surface area contributed by atoms with Crippen LogP contribution in [0.15, 0.2) is 4.99 Å². The van der Waals surface area contributed by atoms with Gasteiger partial charge in [-0.15, -0.1) is 0 Å². The lowest BCUT2D eigenvalue weighted by molar-refractivity contribution is 0.0205. The smallest absolute Gasteiger partial charge is 0.191 e. The fourth-order valence-electron chi connectivity index (χ4n) is 4.10. The molecule has 0 aromatic heterocycles. The Labute approximate surface area is 172 Å². The minimum Gasteiger partial charge on any atom is -0.381 e.